The van der Waals surface area contributed by atoms with Crippen LogP contribution in [0.3, 0.4) is 0 Å². The van der Waals surface area contributed by atoms with Crippen LogP contribution in [0.4, 0.5) is 5.95 Å². The number of hydrogen-bond donors (Lipinski definition) is 2. The van der Waals surface area contributed by atoms with Crippen molar-refractivity contribution in [1.29, 1.82) is 0 Å². The number of anilines is 1. The van der Waals surface area contributed by atoms with Crippen molar-refractivity contribution in [1.82, 2.24) is 15.2 Å². The quantitative estimate of drug-likeness (QED) is 0.556. The van der Waals surface area contributed by atoms with Crippen LogP contribution in [-0.2, 0) is 11.2 Å². The molecule has 0 unspecified atom stereocenters. The van der Waals surface area contributed by atoms with Crippen molar-refractivity contribution in [3.8, 4) is 34.4 Å². The number of hydrogen-bond acceptors (Lipinski definition) is 7. The number of aromatic amines is 1. The molecule has 0 aliphatic heterocycles. The molecule has 0 saturated heterocycles. The number of nitrogens with one attached hydrogen (secondary N) is 2. The Balaban J connectivity index is 1.66. The van der Waals surface area contributed by atoms with E-state index in [-0.39, 0.29) is 18.3 Å². The summed E-state index contributed by atoms with van der Waals surface area (Å²) in [6, 6.07) is 10.9. The lowest BCUT2D eigenvalue weighted by atomic mass is 10.1. The molecule has 2 aromatic carbocycles. The Labute approximate surface area is 174 Å². The summed E-state index contributed by atoms with van der Waals surface area (Å²) in [6.45, 7) is 0. The first-order valence-electron chi connectivity index (χ1n) is 9.24. The summed E-state index contributed by atoms with van der Waals surface area (Å²) < 4.78 is 21.3. The van der Waals surface area contributed by atoms with E-state index in [1.807, 2.05) is 18.2 Å². The number of benzene rings is 2. The minimum absolute atomic E-state index is 0.186. The molecule has 2 N–H and O–H groups in total. The summed E-state index contributed by atoms with van der Waals surface area (Å²) in [5.41, 5.74) is 1.58. The lowest BCUT2D eigenvalue weighted by molar-refractivity contribution is -0.116. The van der Waals surface area contributed by atoms with E-state index in [2.05, 4.69) is 20.5 Å². The Bertz CT molecular complexity index is 1020. The van der Waals surface area contributed by atoms with Crippen LogP contribution >= 0.6 is 0 Å². The first-order chi connectivity index (χ1) is 14.6. The van der Waals surface area contributed by atoms with Crippen molar-refractivity contribution < 1.29 is 23.7 Å². The average Bonchev–Trinajstić information content (AvgIpc) is 3.24. The predicted molar refractivity (Wildman–Crippen MR) is 111 cm³/mol. The molecule has 9 heteroatoms. The molecule has 0 aliphatic carbocycles. The van der Waals surface area contributed by atoms with Gasteiger partial charge in [-0.1, -0.05) is 12.1 Å². The molecule has 0 aliphatic rings. The van der Waals surface area contributed by atoms with Crippen molar-refractivity contribution >= 4 is 11.9 Å². The number of rotatable bonds is 9. The maximum Gasteiger partial charge on any atom is 0.249 e. The summed E-state index contributed by atoms with van der Waals surface area (Å²) in [6.07, 6.45) is 0.717. The smallest absolute Gasteiger partial charge is 0.249 e. The maximum absolute atomic E-state index is 12.4. The van der Waals surface area contributed by atoms with Gasteiger partial charge in [0, 0.05) is 12.5 Å². The molecule has 0 atom stereocenters. The number of methoxy groups -OCH3 is 4. The van der Waals surface area contributed by atoms with Gasteiger partial charge in [0.25, 0.3) is 0 Å². The summed E-state index contributed by atoms with van der Waals surface area (Å²) in [5, 5.41) is 9.58. The van der Waals surface area contributed by atoms with E-state index in [0.717, 1.165) is 5.56 Å². The van der Waals surface area contributed by atoms with E-state index in [9.17, 15) is 4.79 Å². The molecule has 158 valence electrons. The molecule has 1 heterocycles. The van der Waals surface area contributed by atoms with Crippen LogP contribution in [-0.4, -0.2) is 49.5 Å². The first-order valence-corrected chi connectivity index (χ1v) is 9.24. The summed E-state index contributed by atoms with van der Waals surface area (Å²) >= 11 is 0. The van der Waals surface area contributed by atoms with E-state index in [1.54, 1.807) is 46.6 Å². The Morgan fingerprint density at radius 2 is 1.80 bits per heavy atom. The van der Waals surface area contributed by atoms with Gasteiger partial charge in [-0.3, -0.25) is 15.2 Å². The Morgan fingerprint density at radius 3 is 2.50 bits per heavy atom. The van der Waals surface area contributed by atoms with Gasteiger partial charge in [-0.2, -0.15) is 4.98 Å². The topological polar surface area (TPSA) is 108 Å². The number of carbonyl (C=O) groups is 1. The number of amides is 1. The van der Waals surface area contributed by atoms with Gasteiger partial charge in [0.1, 0.15) is 11.5 Å². The van der Waals surface area contributed by atoms with Crippen LogP contribution in [0.5, 0.6) is 23.0 Å². The van der Waals surface area contributed by atoms with E-state index < -0.39 is 0 Å². The Hall–Kier alpha value is -3.75. The lowest BCUT2D eigenvalue weighted by Gasteiger charge is -2.12. The molecule has 1 amide bonds. The van der Waals surface area contributed by atoms with Crippen molar-refractivity contribution in [2.75, 3.05) is 33.8 Å². The highest BCUT2D eigenvalue weighted by molar-refractivity contribution is 5.89. The molecule has 0 spiro atoms. The van der Waals surface area contributed by atoms with Crippen LogP contribution in [0.15, 0.2) is 36.4 Å². The molecule has 0 radical (unpaired) electrons. The van der Waals surface area contributed by atoms with Crippen molar-refractivity contribution in [3.63, 3.8) is 0 Å². The third kappa shape index (κ3) is 4.62. The molecule has 0 bridgehead atoms. The van der Waals surface area contributed by atoms with Crippen LogP contribution in [0, 0.1) is 0 Å². The third-order valence-electron chi connectivity index (χ3n) is 4.51. The fourth-order valence-electron chi connectivity index (χ4n) is 3.02. The highest BCUT2D eigenvalue weighted by Gasteiger charge is 2.15. The lowest BCUT2D eigenvalue weighted by Crippen LogP contribution is -2.13. The second-order valence-corrected chi connectivity index (χ2v) is 6.27. The monoisotopic (exact) mass is 412 g/mol. The van der Waals surface area contributed by atoms with Crippen LogP contribution in [0.2, 0.25) is 0 Å². The second-order valence-electron chi connectivity index (χ2n) is 6.27. The molecule has 9 nitrogen and oxygen atoms in total. The Morgan fingerprint density at radius 1 is 1.00 bits per heavy atom. The van der Waals surface area contributed by atoms with Gasteiger partial charge in [-0.25, -0.2) is 0 Å². The fraction of sp³-hybridized carbons (Fsp3) is 0.286. The van der Waals surface area contributed by atoms with Gasteiger partial charge in [0.2, 0.25) is 11.9 Å². The number of aromatic nitrogens is 3. The van der Waals surface area contributed by atoms with Gasteiger partial charge in [0.15, 0.2) is 17.3 Å². The van der Waals surface area contributed by atoms with Gasteiger partial charge in [-0.15, -0.1) is 5.10 Å². The highest BCUT2D eigenvalue weighted by Crippen LogP contribution is 2.32. The van der Waals surface area contributed by atoms with Crippen molar-refractivity contribution in [2.45, 2.75) is 12.8 Å². The molecule has 3 aromatic rings. The van der Waals surface area contributed by atoms with Crippen LogP contribution in [0.25, 0.3) is 11.4 Å². The Kier molecular flexibility index (Phi) is 6.74. The van der Waals surface area contributed by atoms with Gasteiger partial charge in [-0.05, 0) is 30.2 Å². The molecular formula is C21H24N4O5. The summed E-state index contributed by atoms with van der Waals surface area (Å²) in [5.74, 6) is 2.93. The normalized spacial score (nSPS) is 10.4. The van der Waals surface area contributed by atoms with Crippen LogP contribution in [0.1, 0.15) is 12.0 Å². The second kappa shape index (κ2) is 9.64. The minimum atomic E-state index is -0.216. The van der Waals surface area contributed by atoms with E-state index >= 15 is 0 Å². The van der Waals surface area contributed by atoms with Crippen molar-refractivity contribution in [3.05, 3.63) is 42.0 Å². The van der Waals surface area contributed by atoms with Gasteiger partial charge in [0.05, 0.1) is 34.0 Å². The van der Waals surface area contributed by atoms with E-state index in [4.69, 9.17) is 18.9 Å². The summed E-state index contributed by atoms with van der Waals surface area (Å²) in [4.78, 5) is 16.7. The summed E-state index contributed by atoms with van der Waals surface area (Å²) in [7, 11) is 6.29. The maximum atomic E-state index is 12.4. The largest absolute Gasteiger partial charge is 0.497 e. The SMILES string of the molecule is COc1ccc(-c2nc(NC(=O)CCc3cccc(OC)c3OC)n[nH]2)c(OC)c1. The van der Waals surface area contributed by atoms with E-state index in [0.29, 0.717) is 40.8 Å². The van der Waals surface area contributed by atoms with Crippen LogP contribution < -0.4 is 24.3 Å². The third-order valence-corrected chi connectivity index (χ3v) is 4.51. The predicted octanol–water partition coefficient (Wildman–Crippen LogP) is 3.08. The molecule has 30 heavy (non-hydrogen) atoms. The number of ether oxygens (including phenoxy) is 4. The number of aryl methyl sites for hydroxylation is 1. The average molecular weight is 412 g/mol. The van der Waals surface area contributed by atoms with E-state index in [1.165, 1.54) is 0 Å². The molecule has 3 rings (SSSR count). The number of nitrogens with zero attached hydrogens (tertiary/aromatic N) is 2. The fourth-order valence-corrected chi connectivity index (χ4v) is 3.02. The molecule has 0 saturated carbocycles. The molecular weight excluding hydrogens is 388 g/mol. The molecule has 1 aromatic heterocycles. The standard InChI is InChI=1S/C21H24N4O5/c1-27-14-9-10-15(17(12-14)29-3)20-23-21(25-24-20)22-18(26)11-8-13-6-5-7-16(28-2)19(13)30-4/h5-7,9-10,12H,8,11H2,1-4H3,(H2,22,23,24,25,26). The number of H-pyrrole nitrogens is 1. The molecule has 0 fully saturated rings. The van der Waals surface area contributed by atoms with Gasteiger partial charge < -0.3 is 18.9 Å². The van der Waals surface area contributed by atoms with Crippen molar-refractivity contribution in [2.24, 2.45) is 0 Å². The zero-order valence-electron chi connectivity index (χ0n) is 17.3. The zero-order chi connectivity index (χ0) is 21.5. The highest BCUT2D eigenvalue weighted by atomic mass is 16.5. The number of carbonyl (C=O) groups excluding carboxylic acids is 1. The number of para-hydroxylation sites is 1. The first kappa shape index (κ1) is 21.0. The zero-order valence-corrected chi connectivity index (χ0v) is 17.3. The van der Waals surface area contributed by atoms with Gasteiger partial charge >= 0.3 is 0 Å². The minimum Gasteiger partial charge on any atom is -0.497 e.